The lowest BCUT2D eigenvalue weighted by Gasteiger charge is -2.34. The van der Waals surface area contributed by atoms with Crippen LogP contribution in [-0.4, -0.2) is 50.2 Å². The molecule has 0 radical (unpaired) electrons. The van der Waals surface area contributed by atoms with Crippen LogP contribution in [0.4, 0.5) is 11.5 Å². The van der Waals surface area contributed by atoms with Crippen LogP contribution >= 0.6 is 0 Å². The fraction of sp³-hybridized carbons (Fsp3) is 0.667. The molecule has 0 spiro atoms. The van der Waals surface area contributed by atoms with Gasteiger partial charge in [-0.3, -0.25) is 0 Å². The molecular formula is C15H26N4O. The quantitative estimate of drug-likeness (QED) is 0.890. The third-order valence-electron chi connectivity index (χ3n) is 3.72. The molecule has 0 atom stereocenters. The number of nitrogens with two attached hydrogens (primary N) is 1. The van der Waals surface area contributed by atoms with Gasteiger partial charge in [0.2, 0.25) is 5.88 Å². The summed E-state index contributed by atoms with van der Waals surface area (Å²) >= 11 is 0. The lowest BCUT2D eigenvalue weighted by molar-refractivity contribution is 0.284. The highest BCUT2D eigenvalue weighted by Crippen LogP contribution is 2.26. The van der Waals surface area contributed by atoms with Crippen LogP contribution in [0, 0.1) is 5.92 Å². The van der Waals surface area contributed by atoms with Crippen molar-refractivity contribution in [1.29, 1.82) is 0 Å². The van der Waals surface area contributed by atoms with E-state index < -0.39 is 0 Å². The van der Waals surface area contributed by atoms with Crippen LogP contribution in [-0.2, 0) is 0 Å². The molecule has 0 saturated carbocycles. The molecule has 20 heavy (non-hydrogen) atoms. The maximum Gasteiger partial charge on any atom is 0.239 e. The first-order valence-electron chi connectivity index (χ1n) is 7.39. The first kappa shape index (κ1) is 14.9. The van der Waals surface area contributed by atoms with Crippen molar-refractivity contribution in [1.82, 2.24) is 9.88 Å². The number of aromatic nitrogens is 1. The maximum atomic E-state index is 5.87. The molecule has 1 fully saturated rings. The van der Waals surface area contributed by atoms with Gasteiger partial charge in [-0.25, -0.2) is 0 Å². The predicted molar refractivity (Wildman–Crippen MR) is 83.3 cm³/mol. The van der Waals surface area contributed by atoms with Crippen molar-refractivity contribution >= 4 is 11.5 Å². The Kier molecular flexibility index (Phi) is 5.06. The number of hydrogen-bond donors (Lipinski definition) is 1. The third-order valence-corrected chi connectivity index (χ3v) is 3.72. The van der Waals surface area contributed by atoms with Crippen LogP contribution in [0.5, 0.6) is 5.88 Å². The number of ether oxygens (including phenoxy) is 1. The summed E-state index contributed by atoms with van der Waals surface area (Å²) in [4.78, 5) is 9.14. The molecule has 2 heterocycles. The summed E-state index contributed by atoms with van der Waals surface area (Å²) in [6, 6.07) is 3.88. The molecule has 5 heteroatoms. The van der Waals surface area contributed by atoms with Crippen LogP contribution in [0.1, 0.15) is 19.8 Å². The first-order valence-corrected chi connectivity index (χ1v) is 7.39. The summed E-state index contributed by atoms with van der Waals surface area (Å²) in [5.74, 6) is 2.33. The van der Waals surface area contributed by atoms with Gasteiger partial charge < -0.3 is 20.3 Å². The highest BCUT2D eigenvalue weighted by Gasteiger charge is 2.21. The number of pyridine rings is 1. The van der Waals surface area contributed by atoms with Gasteiger partial charge in [0.1, 0.15) is 5.82 Å². The van der Waals surface area contributed by atoms with Gasteiger partial charge in [-0.2, -0.15) is 4.98 Å². The van der Waals surface area contributed by atoms with Gasteiger partial charge in [-0.1, -0.05) is 0 Å². The van der Waals surface area contributed by atoms with Crippen LogP contribution < -0.4 is 15.4 Å². The summed E-state index contributed by atoms with van der Waals surface area (Å²) in [5, 5.41) is 0. The molecule has 1 aromatic heterocycles. The normalized spacial score (nSPS) is 16.7. The first-order chi connectivity index (χ1) is 9.60. The molecule has 0 amide bonds. The van der Waals surface area contributed by atoms with Gasteiger partial charge in [0.15, 0.2) is 0 Å². The molecule has 0 aromatic carbocycles. The SMILES string of the molecule is CCOc1nc(N2CCC(CN(C)C)CC2)ccc1N. The van der Waals surface area contributed by atoms with E-state index in [1.54, 1.807) is 0 Å². The fourth-order valence-corrected chi connectivity index (χ4v) is 2.73. The van der Waals surface area contributed by atoms with Crippen LogP contribution in [0.2, 0.25) is 0 Å². The zero-order valence-corrected chi connectivity index (χ0v) is 12.8. The number of piperidine rings is 1. The Morgan fingerprint density at radius 2 is 2.05 bits per heavy atom. The minimum absolute atomic E-state index is 0.556. The standard InChI is InChI=1S/C15H26N4O/c1-4-20-15-13(16)5-6-14(17-15)19-9-7-12(8-10-19)11-18(2)3/h5-6,12H,4,7-11,16H2,1-3H3. The number of rotatable bonds is 5. The predicted octanol–water partition coefficient (Wildman–Crippen LogP) is 1.84. The van der Waals surface area contributed by atoms with E-state index in [2.05, 4.69) is 28.9 Å². The molecule has 112 valence electrons. The Balaban J connectivity index is 1.98. The molecular weight excluding hydrogens is 252 g/mol. The summed E-state index contributed by atoms with van der Waals surface area (Å²) in [5.41, 5.74) is 6.48. The Bertz CT molecular complexity index is 428. The third kappa shape index (κ3) is 3.76. The van der Waals surface area contributed by atoms with Crippen molar-refractivity contribution in [3.05, 3.63) is 12.1 Å². The topological polar surface area (TPSA) is 54.6 Å². The Labute approximate surface area is 121 Å². The lowest BCUT2D eigenvalue weighted by Crippen LogP contribution is -2.37. The molecule has 1 aliphatic rings. The van der Waals surface area contributed by atoms with E-state index in [4.69, 9.17) is 10.5 Å². The molecule has 5 nitrogen and oxygen atoms in total. The second-order valence-electron chi connectivity index (χ2n) is 5.69. The molecule has 2 N–H and O–H groups in total. The van der Waals surface area contributed by atoms with E-state index in [1.165, 1.54) is 19.4 Å². The number of anilines is 2. The highest BCUT2D eigenvalue weighted by molar-refractivity contribution is 5.54. The molecule has 0 unspecified atom stereocenters. The monoisotopic (exact) mass is 278 g/mol. The second-order valence-corrected chi connectivity index (χ2v) is 5.69. The molecule has 1 aromatic rings. The molecule has 1 saturated heterocycles. The van der Waals surface area contributed by atoms with Crippen molar-refractivity contribution in [2.75, 3.05) is 51.0 Å². The number of nitrogens with zero attached hydrogens (tertiary/aromatic N) is 3. The Morgan fingerprint density at radius 3 is 2.65 bits per heavy atom. The largest absolute Gasteiger partial charge is 0.476 e. The van der Waals surface area contributed by atoms with Crippen molar-refractivity contribution in [2.24, 2.45) is 5.92 Å². The van der Waals surface area contributed by atoms with E-state index in [1.807, 2.05) is 19.1 Å². The van der Waals surface area contributed by atoms with E-state index in [0.29, 0.717) is 18.2 Å². The summed E-state index contributed by atoms with van der Waals surface area (Å²) in [6.07, 6.45) is 2.43. The van der Waals surface area contributed by atoms with Crippen LogP contribution in [0.3, 0.4) is 0 Å². The lowest BCUT2D eigenvalue weighted by atomic mass is 9.96. The highest BCUT2D eigenvalue weighted by atomic mass is 16.5. The summed E-state index contributed by atoms with van der Waals surface area (Å²) in [7, 11) is 4.28. The zero-order valence-electron chi connectivity index (χ0n) is 12.8. The van der Waals surface area contributed by atoms with Crippen molar-refractivity contribution in [2.45, 2.75) is 19.8 Å². The Morgan fingerprint density at radius 1 is 1.35 bits per heavy atom. The van der Waals surface area contributed by atoms with Gasteiger partial charge in [0.25, 0.3) is 0 Å². The molecule has 0 bridgehead atoms. The van der Waals surface area contributed by atoms with Gasteiger partial charge >= 0.3 is 0 Å². The fourth-order valence-electron chi connectivity index (χ4n) is 2.73. The van der Waals surface area contributed by atoms with Crippen molar-refractivity contribution in [3.63, 3.8) is 0 Å². The average Bonchev–Trinajstić information content (AvgIpc) is 2.42. The van der Waals surface area contributed by atoms with E-state index in [-0.39, 0.29) is 0 Å². The van der Waals surface area contributed by atoms with E-state index >= 15 is 0 Å². The average molecular weight is 278 g/mol. The minimum atomic E-state index is 0.556. The zero-order chi connectivity index (χ0) is 14.5. The van der Waals surface area contributed by atoms with Gasteiger partial charge in [0, 0.05) is 19.6 Å². The Hall–Kier alpha value is -1.49. The smallest absolute Gasteiger partial charge is 0.239 e. The second kappa shape index (κ2) is 6.79. The van der Waals surface area contributed by atoms with Crippen molar-refractivity contribution in [3.8, 4) is 5.88 Å². The molecule has 0 aliphatic carbocycles. The van der Waals surface area contributed by atoms with E-state index in [9.17, 15) is 0 Å². The van der Waals surface area contributed by atoms with Crippen LogP contribution in [0.25, 0.3) is 0 Å². The molecule has 1 aliphatic heterocycles. The van der Waals surface area contributed by atoms with Crippen molar-refractivity contribution < 1.29 is 4.74 Å². The summed E-state index contributed by atoms with van der Waals surface area (Å²) in [6.45, 7) is 5.82. The summed E-state index contributed by atoms with van der Waals surface area (Å²) < 4.78 is 5.47. The maximum absolute atomic E-state index is 5.87. The van der Waals surface area contributed by atoms with E-state index in [0.717, 1.165) is 24.8 Å². The number of hydrogen-bond acceptors (Lipinski definition) is 5. The minimum Gasteiger partial charge on any atom is -0.476 e. The van der Waals surface area contributed by atoms with Gasteiger partial charge in [-0.05, 0) is 51.9 Å². The van der Waals surface area contributed by atoms with Gasteiger partial charge in [-0.15, -0.1) is 0 Å². The van der Waals surface area contributed by atoms with Gasteiger partial charge in [0.05, 0.1) is 12.3 Å². The van der Waals surface area contributed by atoms with Crippen LogP contribution in [0.15, 0.2) is 12.1 Å². The molecule has 2 rings (SSSR count). The number of nitrogen functional groups attached to an aromatic ring is 1.